The summed E-state index contributed by atoms with van der Waals surface area (Å²) in [6.07, 6.45) is 1.75. The van der Waals surface area contributed by atoms with Gasteiger partial charge in [0.1, 0.15) is 5.82 Å². The molecule has 0 bridgehead atoms. The topological polar surface area (TPSA) is 87.2 Å². The third-order valence-electron chi connectivity index (χ3n) is 4.63. The van der Waals surface area contributed by atoms with Crippen LogP contribution >= 0.6 is 0 Å². The lowest BCUT2D eigenvalue weighted by Gasteiger charge is -2.20. The lowest BCUT2D eigenvalue weighted by Crippen LogP contribution is -2.24. The number of hydrogen-bond acceptors (Lipinski definition) is 6. The average molecular weight is 325 g/mol. The van der Waals surface area contributed by atoms with E-state index in [4.69, 9.17) is 9.72 Å². The molecule has 0 radical (unpaired) electrons. The van der Waals surface area contributed by atoms with Crippen LogP contribution in [-0.4, -0.2) is 51.8 Å². The molecule has 1 saturated heterocycles. The van der Waals surface area contributed by atoms with Crippen LogP contribution in [0.15, 0.2) is 36.5 Å². The molecule has 7 heteroatoms. The fourth-order valence-electron chi connectivity index (χ4n) is 3.40. The van der Waals surface area contributed by atoms with Crippen molar-refractivity contribution in [2.24, 2.45) is 0 Å². The van der Waals surface area contributed by atoms with Gasteiger partial charge < -0.3 is 14.7 Å². The molecule has 0 saturated carbocycles. The number of H-pyrrole nitrogens is 1. The van der Waals surface area contributed by atoms with Crippen LogP contribution < -0.4 is 4.90 Å². The van der Waals surface area contributed by atoms with E-state index in [0.717, 1.165) is 34.5 Å². The van der Waals surface area contributed by atoms with Crippen LogP contribution in [0.3, 0.4) is 0 Å². The maximum Gasteiger partial charge on any atom is 0.134 e. The summed E-state index contributed by atoms with van der Waals surface area (Å²) < 4.78 is 5.65. The van der Waals surface area contributed by atoms with Crippen LogP contribution in [0.1, 0.15) is 17.2 Å². The van der Waals surface area contributed by atoms with Gasteiger partial charge >= 0.3 is 0 Å². The van der Waals surface area contributed by atoms with Gasteiger partial charge in [0.15, 0.2) is 0 Å². The molecule has 124 valence electrons. The zero-order chi connectivity index (χ0) is 16.5. The number of fused-ring (bicyclic) bond motifs is 1. The second-order valence-corrected chi connectivity index (χ2v) is 6.00. The van der Waals surface area contributed by atoms with Crippen molar-refractivity contribution in [2.75, 3.05) is 25.1 Å². The molecular weight excluding hydrogens is 306 g/mol. The molecule has 0 unspecified atom stereocenters. The second-order valence-electron chi connectivity index (χ2n) is 6.00. The fourth-order valence-corrected chi connectivity index (χ4v) is 3.40. The van der Waals surface area contributed by atoms with E-state index in [1.807, 2.05) is 30.3 Å². The number of nitrogens with one attached hydrogen (secondary N) is 1. The summed E-state index contributed by atoms with van der Waals surface area (Å²) >= 11 is 0. The number of aliphatic hydroxyl groups excluding tert-OH is 1. The average Bonchev–Trinajstić information content (AvgIpc) is 3.29. The molecule has 2 aromatic heterocycles. The molecule has 1 aromatic carbocycles. The third-order valence-corrected chi connectivity index (χ3v) is 4.63. The molecule has 4 rings (SSSR count). The highest BCUT2D eigenvalue weighted by Crippen LogP contribution is 2.33. The SMILES string of the molecule is CO[C@@H]1CN(c2nc3ccccc3cc2CO)C[C@H]1c1cn[nH]n1. The quantitative estimate of drug-likeness (QED) is 0.755. The number of anilines is 1. The Bertz CT molecular complexity index is 836. The minimum Gasteiger partial charge on any atom is -0.392 e. The van der Waals surface area contributed by atoms with E-state index in [0.29, 0.717) is 6.54 Å². The molecule has 1 aliphatic rings. The van der Waals surface area contributed by atoms with Crippen LogP contribution in [0.25, 0.3) is 10.9 Å². The molecular formula is C17H19N5O2. The molecule has 3 aromatic rings. The summed E-state index contributed by atoms with van der Waals surface area (Å²) in [6.45, 7) is 1.38. The third kappa shape index (κ3) is 2.51. The summed E-state index contributed by atoms with van der Waals surface area (Å²) in [5.74, 6) is 0.929. The number of methoxy groups -OCH3 is 1. The maximum atomic E-state index is 9.79. The summed E-state index contributed by atoms with van der Waals surface area (Å²) in [7, 11) is 1.71. The highest BCUT2D eigenvalue weighted by Gasteiger charge is 2.37. The van der Waals surface area contributed by atoms with Gasteiger partial charge in [0.2, 0.25) is 0 Å². The predicted octanol–water partition coefficient (Wildman–Crippen LogP) is 1.46. The second kappa shape index (κ2) is 6.18. The predicted molar refractivity (Wildman–Crippen MR) is 89.8 cm³/mol. The molecule has 0 amide bonds. The monoisotopic (exact) mass is 325 g/mol. The molecule has 2 atom stereocenters. The number of benzene rings is 1. The van der Waals surface area contributed by atoms with Gasteiger partial charge in [-0.3, -0.25) is 0 Å². The minimum atomic E-state index is -0.0457. The van der Waals surface area contributed by atoms with Crippen LogP contribution in [0, 0.1) is 0 Å². The van der Waals surface area contributed by atoms with Gasteiger partial charge in [-0.25, -0.2) is 4.98 Å². The Morgan fingerprint density at radius 2 is 2.21 bits per heavy atom. The largest absolute Gasteiger partial charge is 0.392 e. The Morgan fingerprint density at radius 3 is 2.96 bits per heavy atom. The first-order valence-electron chi connectivity index (χ1n) is 7.93. The van der Waals surface area contributed by atoms with Crippen molar-refractivity contribution >= 4 is 16.7 Å². The van der Waals surface area contributed by atoms with Gasteiger partial charge in [-0.15, -0.1) is 0 Å². The van der Waals surface area contributed by atoms with Gasteiger partial charge in [-0.2, -0.15) is 15.4 Å². The number of para-hydroxylation sites is 1. The van der Waals surface area contributed by atoms with Crippen LogP contribution in [-0.2, 0) is 11.3 Å². The number of aromatic nitrogens is 4. The van der Waals surface area contributed by atoms with Gasteiger partial charge in [0, 0.05) is 31.1 Å². The number of aliphatic hydroxyl groups is 1. The number of pyridine rings is 1. The molecule has 24 heavy (non-hydrogen) atoms. The number of aromatic amines is 1. The Hall–Kier alpha value is -2.51. The first-order chi connectivity index (χ1) is 11.8. The van der Waals surface area contributed by atoms with Crippen molar-refractivity contribution in [3.05, 3.63) is 47.8 Å². The standard InChI is InChI=1S/C17H19N5O2/c1-24-16-9-22(8-13(16)15-7-18-21-20-15)17-12(10-23)6-11-4-2-3-5-14(11)19-17/h2-7,13,16,23H,8-10H2,1H3,(H,18,20,21)/t13-,16+/m0/s1. The summed E-state index contributed by atoms with van der Waals surface area (Å²) in [5.41, 5.74) is 2.63. The number of rotatable bonds is 4. The maximum absolute atomic E-state index is 9.79. The van der Waals surface area contributed by atoms with Crippen LogP contribution in [0.2, 0.25) is 0 Å². The van der Waals surface area contributed by atoms with Crippen molar-refractivity contribution in [3.8, 4) is 0 Å². The zero-order valence-corrected chi connectivity index (χ0v) is 13.4. The number of ether oxygens (including phenoxy) is 1. The van der Waals surface area contributed by atoms with Crippen molar-refractivity contribution < 1.29 is 9.84 Å². The Kier molecular flexibility index (Phi) is 3.87. The lowest BCUT2D eigenvalue weighted by atomic mass is 10.0. The smallest absolute Gasteiger partial charge is 0.134 e. The van der Waals surface area contributed by atoms with Crippen molar-refractivity contribution in [1.29, 1.82) is 0 Å². The molecule has 0 spiro atoms. The van der Waals surface area contributed by atoms with Crippen molar-refractivity contribution in [1.82, 2.24) is 20.4 Å². The van der Waals surface area contributed by atoms with Gasteiger partial charge in [-0.1, -0.05) is 18.2 Å². The van der Waals surface area contributed by atoms with Gasteiger partial charge in [0.25, 0.3) is 0 Å². The molecule has 3 heterocycles. The van der Waals surface area contributed by atoms with Crippen molar-refractivity contribution in [2.45, 2.75) is 18.6 Å². The summed E-state index contributed by atoms with van der Waals surface area (Å²) in [5, 5.41) is 21.6. The Morgan fingerprint density at radius 1 is 1.33 bits per heavy atom. The first-order valence-corrected chi connectivity index (χ1v) is 7.93. The Balaban J connectivity index is 1.72. The molecule has 7 nitrogen and oxygen atoms in total. The lowest BCUT2D eigenvalue weighted by molar-refractivity contribution is 0.105. The molecule has 1 aliphatic heterocycles. The summed E-state index contributed by atoms with van der Waals surface area (Å²) in [4.78, 5) is 6.94. The van der Waals surface area contributed by atoms with E-state index in [1.54, 1.807) is 13.3 Å². The fraction of sp³-hybridized carbons (Fsp3) is 0.353. The van der Waals surface area contributed by atoms with Gasteiger partial charge in [-0.05, 0) is 12.1 Å². The highest BCUT2D eigenvalue weighted by molar-refractivity contribution is 5.81. The zero-order valence-electron chi connectivity index (χ0n) is 13.4. The molecule has 0 aliphatic carbocycles. The summed E-state index contributed by atoms with van der Waals surface area (Å²) in [6, 6.07) is 9.94. The number of hydrogen-bond donors (Lipinski definition) is 2. The van der Waals surface area contributed by atoms with Gasteiger partial charge in [0.05, 0.1) is 36.0 Å². The van der Waals surface area contributed by atoms with E-state index in [1.165, 1.54) is 0 Å². The van der Waals surface area contributed by atoms with Crippen LogP contribution in [0.4, 0.5) is 5.82 Å². The Labute approximate surface area is 139 Å². The van der Waals surface area contributed by atoms with E-state index >= 15 is 0 Å². The molecule has 2 N–H and O–H groups in total. The minimum absolute atomic E-state index is 0.00918. The van der Waals surface area contributed by atoms with E-state index in [2.05, 4.69) is 20.3 Å². The first kappa shape index (κ1) is 15.0. The van der Waals surface area contributed by atoms with E-state index in [-0.39, 0.29) is 18.6 Å². The van der Waals surface area contributed by atoms with E-state index < -0.39 is 0 Å². The normalized spacial score (nSPS) is 20.8. The van der Waals surface area contributed by atoms with Crippen molar-refractivity contribution in [3.63, 3.8) is 0 Å². The highest BCUT2D eigenvalue weighted by atomic mass is 16.5. The van der Waals surface area contributed by atoms with E-state index in [9.17, 15) is 5.11 Å². The molecule has 1 fully saturated rings. The van der Waals surface area contributed by atoms with Crippen LogP contribution in [0.5, 0.6) is 0 Å². The number of nitrogens with zero attached hydrogens (tertiary/aromatic N) is 4.